The second-order valence-electron chi connectivity index (χ2n) is 4.43. The van der Waals surface area contributed by atoms with Crippen LogP contribution in [0.25, 0.3) is 22.2 Å². The van der Waals surface area contributed by atoms with E-state index >= 15 is 0 Å². The molecular weight excluding hydrogens is 281 g/mol. The maximum Gasteiger partial charge on any atom is 0.198 e. The quantitative estimate of drug-likeness (QED) is 0.697. The molecule has 0 aliphatic rings. The zero-order valence-electron chi connectivity index (χ0n) is 10.2. The minimum atomic E-state index is 0.389. The molecule has 96 valence electrons. The van der Waals surface area contributed by atoms with Crippen LogP contribution in [0.2, 0.25) is 10.0 Å². The highest BCUT2D eigenvalue weighted by Crippen LogP contribution is 2.37. The Labute approximate surface area is 120 Å². The molecule has 0 atom stereocenters. The molecule has 0 saturated heterocycles. The van der Waals surface area contributed by atoms with Crippen LogP contribution < -0.4 is 5.73 Å². The first kappa shape index (κ1) is 12.3. The molecule has 19 heavy (non-hydrogen) atoms. The predicted molar refractivity (Wildman–Crippen MR) is 80.7 cm³/mol. The van der Waals surface area contributed by atoms with Crippen LogP contribution in [0.5, 0.6) is 0 Å². The van der Waals surface area contributed by atoms with Crippen LogP contribution in [0.3, 0.4) is 0 Å². The number of anilines is 1. The second kappa shape index (κ2) is 4.44. The Morgan fingerprint density at radius 2 is 1.95 bits per heavy atom. The summed E-state index contributed by atoms with van der Waals surface area (Å²) in [6, 6.07) is 9.58. The number of hydrogen-bond donors (Lipinski definition) is 2. The Kier molecular flexibility index (Phi) is 2.88. The first-order valence-electron chi connectivity index (χ1n) is 5.76. The van der Waals surface area contributed by atoms with Gasteiger partial charge in [0.25, 0.3) is 0 Å². The molecule has 0 aliphatic heterocycles. The summed E-state index contributed by atoms with van der Waals surface area (Å²) >= 11 is 12.4. The smallest absolute Gasteiger partial charge is 0.198 e. The highest BCUT2D eigenvalue weighted by Gasteiger charge is 2.13. The third kappa shape index (κ3) is 2.05. The fourth-order valence-corrected chi connectivity index (χ4v) is 2.60. The zero-order valence-corrected chi connectivity index (χ0v) is 11.7. The highest BCUT2D eigenvalue weighted by atomic mass is 35.5. The normalized spacial score (nSPS) is 11.1. The average Bonchev–Trinajstić information content (AvgIpc) is 2.72. The van der Waals surface area contributed by atoms with E-state index in [4.69, 9.17) is 28.9 Å². The van der Waals surface area contributed by atoms with Crippen molar-refractivity contribution in [3.8, 4) is 11.1 Å². The second-order valence-corrected chi connectivity index (χ2v) is 5.22. The Morgan fingerprint density at radius 1 is 1.16 bits per heavy atom. The number of benzene rings is 2. The molecule has 1 aromatic heterocycles. The number of nitrogens with two attached hydrogens (primary N) is 1. The molecule has 2 aromatic carbocycles. The molecule has 0 unspecified atom stereocenters. The lowest BCUT2D eigenvalue weighted by molar-refractivity contribution is 1.35. The van der Waals surface area contributed by atoms with E-state index in [-0.39, 0.29) is 0 Å². The third-order valence-electron chi connectivity index (χ3n) is 2.99. The van der Waals surface area contributed by atoms with Gasteiger partial charge >= 0.3 is 0 Å². The van der Waals surface area contributed by atoms with Crippen LogP contribution in [0.1, 0.15) is 5.56 Å². The van der Waals surface area contributed by atoms with E-state index in [1.165, 1.54) is 0 Å². The number of halogens is 2. The lowest BCUT2D eigenvalue weighted by Gasteiger charge is -2.08. The molecule has 5 heteroatoms. The predicted octanol–water partition coefficient (Wildman–Crippen LogP) is 4.43. The monoisotopic (exact) mass is 291 g/mol. The molecule has 0 spiro atoms. The molecule has 3 nitrogen and oxygen atoms in total. The molecule has 0 fully saturated rings. The van der Waals surface area contributed by atoms with Crippen molar-refractivity contribution < 1.29 is 0 Å². The number of imidazole rings is 1. The summed E-state index contributed by atoms with van der Waals surface area (Å²) in [6.07, 6.45) is 0. The van der Waals surface area contributed by atoms with Crippen molar-refractivity contribution >= 4 is 40.2 Å². The van der Waals surface area contributed by atoms with Crippen molar-refractivity contribution in [2.75, 3.05) is 5.73 Å². The van der Waals surface area contributed by atoms with Gasteiger partial charge in [0.2, 0.25) is 0 Å². The summed E-state index contributed by atoms with van der Waals surface area (Å²) in [4.78, 5) is 7.36. The van der Waals surface area contributed by atoms with E-state index < -0.39 is 0 Å². The number of hydrogen-bond acceptors (Lipinski definition) is 2. The molecule has 3 aromatic rings. The minimum Gasteiger partial charge on any atom is -0.369 e. The van der Waals surface area contributed by atoms with Crippen LogP contribution in [-0.4, -0.2) is 9.97 Å². The molecule has 0 saturated carbocycles. The van der Waals surface area contributed by atoms with Crippen molar-refractivity contribution in [3.63, 3.8) is 0 Å². The lowest BCUT2D eigenvalue weighted by Crippen LogP contribution is -1.86. The van der Waals surface area contributed by atoms with Crippen molar-refractivity contribution in [2.24, 2.45) is 0 Å². The molecule has 0 amide bonds. The SMILES string of the molecule is Cc1cc(-c2cccc(Cl)c2Cl)c2nc(N)[nH]c2c1. The van der Waals surface area contributed by atoms with Crippen LogP contribution in [0.15, 0.2) is 30.3 Å². The molecule has 3 N–H and O–H groups in total. The molecule has 3 rings (SSSR count). The number of nitrogens with one attached hydrogen (secondary N) is 1. The van der Waals surface area contributed by atoms with Crippen molar-refractivity contribution in [2.45, 2.75) is 6.92 Å². The van der Waals surface area contributed by atoms with Crippen molar-refractivity contribution in [1.82, 2.24) is 9.97 Å². The maximum atomic E-state index is 6.29. The lowest BCUT2D eigenvalue weighted by atomic mass is 10.0. The standard InChI is InChI=1S/C14H11Cl2N3/c1-7-5-9(8-3-2-4-10(15)12(8)16)13-11(6-7)18-14(17)19-13/h2-6H,1H3,(H3,17,18,19). The fourth-order valence-electron chi connectivity index (χ4n) is 2.20. The number of fused-ring (bicyclic) bond motifs is 1. The van der Waals surface area contributed by atoms with Crippen LogP contribution in [-0.2, 0) is 0 Å². The van der Waals surface area contributed by atoms with Crippen LogP contribution in [0, 0.1) is 6.92 Å². The summed E-state index contributed by atoms with van der Waals surface area (Å²) < 4.78 is 0. The van der Waals surface area contributed by atoms with Crippen LogP contribution >= 0.6 is 23.2 Å². The summed E-state index contributed by atoms with van der Waals surface area (Å²) in [6.45, 7) is 2.01. The summed E-state index contributed by atoms with van der Waals surface area (Å²) in [5, 5.41) is 1.05. The van der Waals surface area contributed by atoms with Gasteiger partial charge in [0.15, 0.2) is 5.95 Å². The minimum absolute atomic E-state index is 0.389. The number of rotatable bonds is 1. The number of H-pyrrole nitrogens is 1. The van der Waals surface area contributed by atoms with Gasteiger partial charge < -0.3 is 10.7 Å². The Bertz CT molecular complexity index is 778. The van der Waals surface area contributed by atoms with E-state index in [0.29, 0.717) is 16.0 Å². The van der Waals surface area contributed by atoms with E-state index in [0.717, 1.165) is 27.7 Å². The summed E-state index contributed by atoms with van der Waals surface area (Å²) in [7, 11) is 0. The fraction of sp³-hybridized carbons (Fsp3) is 0.0714. The molecular formula is C14H11Cl2N3. The zero-order chi connectivity index (χ0) is 13.6. The highest BCUT2D eigenvalue weighted by molar-refractivity contribution is 6.43. The van der Waals surface area contributed by atoms with Crippen molar-refractivity contribution in [1.29, 1.82) is 0 Å². The number of nitrogen functional groups attached to an aromatic ring is 1. The molecule has 1 heterocycles. The van der Waals surface area contributed by atoms with Gasteiger partial charge in [-0.15, -0.1) is 0 Å². The van der Waals surface area contributed by atoms with E-state index in [9.17, 15) is 0 Å². The Morgan fingerprint density at radius 3 is 2.74 bits per heavy atom. The largest absolute Gasteiger partial charge is 0.369 e. The van der Waals surface area contributed by atoms with Gasteiger partial charge in [-0.1, -0.05) is 35.3 Å². The number of nitrogens with zero attached hydrogens (tertiary/aromatic N) is 1. The van der Waals surface area contributed by atoms with Gasteiger partial charge in [-0.25, -0.2) is 4.98 Å². The first-order chi connectivity index (χ1) is 9.06. The van der Waals surface area contributed by atoms with Gasteiger partial charge in [-0.3, -0.25) is 0 Å². The molecule has 0 radical (unpaired) electrons. The van der Waals surface area contributed by atoms with Crippen LogP contribution in [0.4, 0.5) is 5.95 Å². The Hall–Kier alpha value is -1.71. The van der Waals surface area contributed by atoms with Gasteiger partial charge in [-0.05, 0) is 30.7 Å². The average molecular weight is 292 g/mol. The van der Waals surface area contributed by atoms with E-state index in [1.54, 1.807) is 6.07 Å². The van der Waals surface area contributed by atoms with Gasteiger partial charge in [0, 0.05) is 11.1 Å². The topological polar surface area (TPSA) is 54.7 Å². The van der Waals surface area contributed by atoms with Gasteiger partial charge in [0.1, 0.15) is 0 Å². The Balaban J connectivity index is 2.38. The number of aromatic amines is 1. The van der Waals surface area contributed by atoms with Gasteiger partial charge in [-0.2, -0.15) is 0 Å². The van der Waals surface area contributed by atoms with Crippen molar-refractivity contribution in [3.05, 3.63) is 45.9 Å². The number of aryl methyl sites for hydroxylation is 1. The maximum absolute atomic E-state index is 6.29. The molecule has 0 aliphatic carbocycles. The third-order valence-corrected chi connectivity index (χ3v) is 3.81. The van der Waals surface area contributed by atoms with E-state index in [1.807, 2.05) is 31.2 Å². The summed E-state index contributed by atoms with van der Waals surface area (Å²) in [5.74, 6) is 0.389. The van der Waals surface area contributed by atoms with Gasteiger partial charge in [0.05, 0.1) is 21.1 Å². The first-order valence-corrected chi connectivity index (χ1v) is 6.52. The van der Waals surface area contributed by atoms with E-state index in [2.05, 4.69) is 9.97 Å². The number of aromatic nitrogens is 2. The molecule has 0 bridgehead atoms. The summed E-state index contributed by atoms with van der Waals surface area (Å²) in [5.41, 5.74) is 10.3.